The Balaban J connectivity index is 2.03. The van der Waals surface area contributed by atoms with Gasteiger partial charge in [-0.25, -0.2) is 8.42 Å². The highest BCUT2D eigenvalue weighted by atomic mass is 32.2. The van der Waals surface area contributed by atoms with E-state index in [4.69, 9.17) is 17.0 Å². The van der Waals surface area contributed by atoms with Crippen molar-refractivity contribution in [2.45, 2.75) is 13.0 Å². The molecule has 0 heterocycles. The maximum absolute atomic E-state index is 11.7. The van der Waals surface area contributed by atoms with Crippen molar-refractivity contribution in [1.29, 1.82) is 0 Å². The maximum atomic E-state index is 11.7. The summed E-state index contributed by atoms with van der Waals surface area (Å²) >= 11 is 5.36. The Morgan fingerprint density at radius 3 is 2.42 bits per heavy atom. The summed E-state index contributed by atoms with van der Waals surface area (Å²) in [6.07, 6.45) is 1.16. The second-order valence-corrected chi connectivity index (χ2v) is 8.30. The molecule has 26 heavy (non-hydrogen) atoms. The van der Waals surface area contributed by atoms with Gasteiger partial charge in [-0.3, -0.25) is 4.31 Å². The molecule has 1 atom stereocenters. The highest BCUT2D eigenvalue weighted by Crippen LogP contribution is 2.21. The largest absolute Gasteiger partial charge is 0.497 e. The Bertz CT molecular complexity index is 868. The van der Waals surface area contributed by atoms with E-state index in [1.165, 1.54) is 11.4 Å². The quantitative estimate of drug-likeness (QED) is 0.735. The predicted octanol–water partition coefficient (Wildman–Crippen LogP) is 3.14. The summed E-state index contributed by atoms with van der Waals surface area (Å²) in [6, 6.07) is 14.8. The second kappa shape index (κ2) is 8.37. The summed E-state index contributed by atoms with van der Waals surface area (Å²) in [4.78, 5) is 0. The van der Waals surface area contributed by atoms with E-state index >= 15 is 0 Å². The molecule has 0 saturated heterocycles. The van der Waals surface area contributed by atoms with E-state index in [-0.39, 0.29) is 6.04 Å². The maximum Gasteiger partial charge on any atom is 0.231 e. The van der Waals surface area contributed by atoms with Crippen molar-refractivity contribution in [3.05, 3.63) is 54.1 Å². The molecule has 0 bridgehead atoms. The Morgan fingerprint density at radius 2 is 1.85 bits per heavy atom. The predicted molar refractivity (Wildman–Crippen MR) is 110 cm³/mol. The molecule has 2 aromatic rings. The minimum absolute atomic E-state index is 0.00258. The minimum Gasteiger partial charge on any atom is -0.497 e. The molecular formula is C18H23N3O3S2. The zero-order chi connectivity index (χ0) is 19.3. The number of nitrogens with one attached hydrogen (secondary N) is 2. The van der Waals surface area contributed by atoms with Crippen molar-refractivity contribution in [2.75, 3.05) is 30.0 Å². The van der Waals surface area contributed by atoms with Crippen LogP contribution in [0.15, 0.2) is 48.5 Å². The van der Waals surface area contributed by atoms with E-state index in [1.54, 1.807) is 25.3 Å². The summed E-state index contributed by atoms with van der Waals surface area (Å²) in [5.74, 6) is 0.800. The molecule has 0 spiro atoms. The fourth-order valence-electron chi connectivity index (χ4n) is 2.31. The van der Waals surface area contributed by atoms with Gasteiger partial charge in [0.2, 0.25) is 10.0 Å². The number of anilines is 2. The van der Waals surface area contributed by atoms with Crippen LogP contribution in [0.4, 0.5) is 11.4 Å². The lowest BCUT2D eigenvalue weighted by molar-refractivity contribution is 0.414. The smallest absolute Gasteiger partial charge is 0.231 e. The summed E-state index contributed by atoms with van der Waals surface area (Å²) in [6.45, 7) is 2.00. The Hall–Kier alpha value is -2.32. The number of hydrogen-bond acceptors (Lipinski definition) is 4. The van der Waals surface area contributed by atoms with Crippen molar-refractivity contribution in [3.63, 3.8) is 0 Å². The second-order valence-electron chi connectivity index (χ2n) is 5.87. The molecule has 0 aliphatic heterocycles. The lowest BCUT2D eigenvalue weighted by Gasteiger charge is -2.20. The van der Waals surface area contributed by atoms with E-state index in [9.17, 15) is 8.42 Å². The lowest BCUT2D eigenvalue weighted by Crippen LogP contribution is -2.31. The van der Waals surface area contributed by atoms with Crippen LogP contribution in [-0.2, 0) is 10.0 Å². The molecule has 6 nitrogen and oxygen atoms in total. The molecule has 0 unspecified atom stereocenters. The number of methoxy groups -OCH3 is 1. The van der Waals surface area contributed by atoms with Crippen molar-refractivity contribution in [2.24, 2.45) is 0 Å². The molecule has 8 heteroatoms. The van der Waals surface area contributed by atoms with Crippen LogP contribution < -0.4 is 19.7 Å². The standard InChI is InChI=1S/C18H23N3O3S2/c1-13(14-8-10-17(24-3)11-9-14)19-18(25)20-15-6-5-7-16(12-15)21(2)26(4,22)23/h5-13H,1-4H3,(H2,19,20,25)/t13-/m0/s1. The minimum atomic E-state index is -3.32. The van der Waals surface area contributed by atoms with Gasteiger partial charge in [0.15, 0.2) is 5.11 Å². The van der Waals surface area contributed by atoms with Gasteiger partial charge in [-0.2, -0.15) is 0 Å². The van der Waals surface area contributed by atoms with Gasteiger partial charge in [0, 0.05) is 12.7 Å². The van der Waals surface area contributed by atoms with Gasteiger partial charge in [0.25, 0.3) is 0 Å². The first-order valence-corrected chi connectivity index (χ1v) is 10.2. The monoisotopic (exact) mass is 393 g/mol. The van der Waals surface area contributed by atoms with Gasteiger partial charge >= 0.3 is 0 Å². The lowest BCUT2D eigenvalue weighted by atomic mass is 10.1. The van der Waals surface area contributed by atoms with Crippen molar-refractivity contribution < 1.29 is 13.2 Å². The van der Waals surface area contributed by atoms with Gasteiger partial charge in [0.05, 0.1) is 25.1 Å². The third kappa shape index (κ3) is 5.34. The summed E-state index contributed by atoms with van der Waals surface area (Å²) in [7, 11) is -0.174. The first-order valence-electron chi connectivity index (χ1n) is 7.96. The summed E-state index contributed by atoms with van der Waals surface area (Å²) in [5, 5.41) is 6.75. The highest BCUT2D eigenvalue weighted by molar-refractivity contribution is 7.92. The summed E-state index contributed by atoms with van der Waals surface area (Å²) < 4.78 is 29.7. The van der Waals surface area contributed by atoms with Crippen LogP contribution >= 0.6 is 12.2 Å². The van der Waals surface area contributed by atoms with Crippen molar-refractivity contribution in [3.8, 4) is 5.75 Å². The Morgan fingerprint density at radius 1 is 1.19 bits per heavy atom. The van der Waals surface area contributed by atoms with Gasteiger partial charge in [0.1, 0.15) is 5.75 Å². The van der Waals surface area contributed by atoms with Crippen LogP contribution in [0.2, 0.25) is 0 Å². The third-order valence-electron chi connectivity index (χ3n) is 3.93. The number of hydrogen-bond donors (Lipinski definition) is 2. The number of ether oxygens (including phenoxy) is 1. The van der Waals surface area contributed by atoms with E-state index in [1.807, 2.05) is 37.3 Å². The van der Waals surface area contributed by atoms with E-state index in [2.05, 4.69) is 10.6 Å². The van der Waals surface area contributed by atoms with E-state index in [0.717, 1.165) is 17.6 Å². The summed E-state index contributed by atoms with van der Waals surface area (Å²) in [5.41, 5.74) is 2.33. The molecular weight excluding hydrogens is 370 g/mol. The highest BCUT2D eigenvalue weighted by Gasteiger charge is 2.13. The first kappa shape index (κ1) is 20.0. The fourth-order valence-corrected chi connectivity index (χ4v) is 3.10. The fraction of sp³-hybridized carbons (Fsp3) is 0.278. The van der Waals surface area contributed by atoms with Gasteiger partial charge in [-0.15, -0.1) is 0 Å². The number of nitrogens with zero attached hydrogens (tertiary/aromatic N) is 1. The van der Waals surface area contributed by atoms with Gasteiger partial charge in [-0.1, -0.05) is 18.2 Å². The molecule has 2 aromatic carbocycles. The molecule has 2 N–H and O–H groups in total. The number of thiocarbonyl (C=S) groups is 1. The normalized spacial score (nSPS) is 12.2. The number of benzene rings is 2. The van der Waals surface area contributed by atoms with Gasteiger partial charge < -0.3 is 15.4 Å². The zero-order valence-corrected chi connectivity index (χ0v) is 16.8. The molecule has 2 rings (SSSR count). The molecule has 0 aliphatic carbocycles. The molecule has 0 fully saturated rings. The molecule has 0 saturated carbocycles. The third-order valence-corrected chi connectivity index (χ3v) is 5.35. The van der Waals surface area contributed by atoms with Crippen molar-refractivity contribution in [1.82, 2.24) is 5.32 Å². The first-order chi connectivity index (χ1) is 12.2. The van der Waals surface area contributed by atoms with Crippen LogP contribution in [0.5, 0.6) is 5.75 Å². The SMILES string of the molecule is COc1ccc([C@H](C)NC(=S)Nc2cccc(N(C)S(C)(=O)=O)c2)cc1. The topological polar surface area (TPSA) is 70.7 Å². The number of rotatable bonds is 6. The number of sulfonamides is 1. The Labute approximate surface area is 160 Å². The van der Waals surface area contributed by atoms with Gasteiger partial charge in [-0.05, 0) is 55.0 Å². The Kier molecular flexibility index (Phi) is 6.44. The molecule has 0 aromatic heterocycles. The molecule has 0 amide bonds. The van der Waals surface area contributed by atoms with Crippen LogP contribution in [0.25, 0.3) is 0 Å². The molecule has 0 radical (unpaired) electrons. The van der Waals surface area contributed by atoms with Crippen LogP contribution in [0, 0.1) is 0 Å². The average Bonchev–Trinajstić information content (AvgIpc) is 2.60. The van der Waals surface area contributed by atoms with Crippen LogP contribution in [-0.4, -0.2) is 33.9 Å². The van der Waals surface area contributed by atoms with Crippen molar-refractivity contribution >= 4 is 38.7 Å². The molecule has 0 aliphatic rings. The average molecular weight is 394 g/mol. The molecule has 140 valence electrons. The van der Waals surface area contributed by atoms with Crippen LogP contribution in [0.3, 0.4) is 0 Å². The zero-order valence-electron chi connectivity index (χ0n) is 15.2. The van der Waals surface area contributed by atoms with E-state index < -0.39 is 10.0 Å². The van der Waals surface area contributed by atoms with Crippen LogP contribution in [0.1, 0.15) is 18.5 Å². The van der Waals surface area contributed by atoms with E-state index in [0.29, 0.717) is 16.5 Å².